The van der Waals surface area contributed by atoms with Gasteiger partial charge in [0.05, 0.1) is 12.0 Å². The third kappa shape index (κ3) is 1.32. The molecule has 0 amide bonds. The van der Waals surface area contributed by atoms with Crippen LogP contribution in [-0.4, -0.2) is 19.6 Å². The zero-order valence-corrected chi connectivity index (χ0v) is 7.07. The van der Waals surface area contributed by atoms with Crippen LogP contribution in [0.1, 0.15) is 6.42 Å². The fourth-order valence-corrected chi connectivity index (χ4v) is 1.70. The van der Waals surface area contributed by atoms with Crippen LogP contribution in [0.3, 0.4) is 0 Å². The molecule has 0 spiro atoms. The third-order valence-electron chi connectivity index (χ3n) is 2.49. The average Bonchev–Trinajstić information content (AvgIpc) is 2.75. The third-order valence-corrected chi connectivity index (χ3v) is 2.49. The first-order valence-corrected chi connectivity index (χ1v) is 4.37. The van der Waals surface area contributed by atoms with Gasteiger partial charge in [0.15, 0.2) is 0 Å². The maximum absolute atomic E-state index is 5.60. The van der Waals surface area contributed by atoms with E-state index in [0.717, 1.165) is 19.6 Å². The molecule has 0 radical (unpaired) electrons. The predicted octanol–water partition coefficient (Wildman–Crippen LogP) is 1.06. The average molecular weight is 166 g/mol. The van der Waals surface area contributed by atoms with E-state index in [2.05, 4.69) is 4.90 Å². The second kappa shape index (κ2) is 3.19. The van der Waals surface area contributed by atoms with Crippen molar-refractivity contribution in [3.05, 3.63) is 18.6 Å². The zero-order chi connectivity index (χ0) is 8.39. The largest absolute Gasteiger partial charge is 0.470 e. The minimum atomic E-state index is 0.667. The Balaban J connectivity index is 2.00. The summed E-state index contributed by atoms with van der Waals surface area (Å²) in [7, 11) is 0. The number of nitrogens with two attached hydrogens (primary N) is 1. The van der Waals surface area contributed by atoms with E-state index in [4.69, 9.17) is 10.2 Å². The van der Waals surface area contributed by atoms with Crippen molar-refractivity contribution < 1.29 is 4.42 Å². The van der Waals surface area contributed by atoms with Crippen molar-refractivity contribution >= 4 is 5.69 Å². The molecule has 1 aliphatic rings. The van der Waals surface area contributed by atoms with Crippen molar-refractivity contribution in [3.63, 3.8) is 0 Å². The molecule has 2 heterocycles. The lowest BCUT2D eigenvalue weighted by Crippen LogP contribution is -2.22. The smallest absolute Gasteiger partial charge is 0.114 e. The van der Waals surface area contributed by atoms with E-state index in [1.54, 1.807) is 12.5 Å². The molecule has 0 aliphatic carbocycles. The van der Waals surface area contributed by atoms with E-state index in [-0.39, 0.29) is 0 Å². The highest BCUT2D eigenvalue weighted by molar-refractivity contribution is 5.43. The molecule has 1 aromatic rings. The molecule has 2 rings (SSSR count). The van der Waals surface area contributed by atoms with Crippen LogP contribution in [0, 0.1) is 5.92 Å². The van der Waals surface area contributed by atoms with Gasteiger partial charge in [0.2, 0.25) is 0 Å². The Kier molecular flexibility index (Phi) is 2.04. The summed E-state index contributed by atoms with van der Waals surface area (Å²) in [5.41, 5.74) is 6.79. The highest BCUT2D eigenvalue weighted by Gasteiger charge is 2.21. The van der Waals surface area contributed by atoms with E-state index in [1.165, 1.54) is 12.1 Å². The van der Waals surface area contributed by atoms with E-state index in [1.807, 2.05) is 6.07 Å². The lowest BCUT2D eigenvalue weighted by Gasteiger charge is -2.14. The molecule has 3 nitrogen and oxygen atoms in total. The van der Waals surface area contributed by atoms with Crippen molar-refractivity contribution in [3.8, 4) is 0 Å². The zero-order valence-electron chi connectivity index (χ0n) is 7.07. The lowest BCUT2D eigenvalue weighted by atomic mass is 10.1. The Bertz CT molecular complexity index is 233. The Labute approximate surface area is 72.1 Å². The van der Waals surface area contributed by atoms with Gasteiger partial charge in [-0.15, -0.1) is 0 Å². The van der Waals surface area contributed by atoms with Crippen LogP contribution >= 0.6 is 0 Å². The molecule has 1 aromatic heterocycles. The van der Waals surface area contributed by atoms with Crippen molar-refractivity contribution in [2.75, 3.05) is 24.5 Å². The van der Waals surface area contributed by atoms with Crippen LogP contribution < -0.4 is 10.6 Å². The van der Waals surface area contributed by atoms with Gasteiger partial charge >= 0.3 is 0 Å². The SMILES string of the molecule is NCC1CCN(c2ccoc2)C1. The second-order valence-corrected chi connectivity index (χ2v) is 3.32. The number of hydrogen-bond donors (Lipinski definition) is 1. The van der Waals surface area contributed by atoms with Gasteiger partial charge in [-0.1, -0.05) is 0 Å². The molecule has 0 aromatic carbocycles. The molecule has 12 heavy (non-hydrogen) atoms. The van der Waals surface area contributed by atoms with Crippen molar-refractivity contribution in [2.45, 2.75) is 6.42 Å². The van der Waals surface area contributed by atoms with Crippen LogP contribution in [0.4, 0.5) is 5.69 Å². The molecule has 0 saturated carbocycles. The van der Waals surface area contributed by atoms with Gasteiger partial charge in [-0.05, 0) is 24.9 Å². The number of nitrogens with zero attached hydrogens (tertiary/aromatic N) is 1. The van der Waals surface area contributed by atoms with Gasteiger partial charge in [-0.25, -0.2) is 0 Å². The van der Waals surface area contributed by atoms with Crippen LogP contribution in [0.5, 0.6) is 0 Å². The van der Waals surface area contributed by atoms with Gasteiger partial charge in [0.1, 0.15) is 6.26 Å². The first-order valence-electron chi connectivity index (χ1n) is 4.37. The molecule has 0 bridgehead atoms. The topological polar surface area (TPSA) is 42.4 Å². The molecule has 3 heteroatoms. The summed E-state index contributed by atoms with van der Waals surface area (Å²) in [4.78, 5) is 2.32. The number of rotatable bonds is 2. The first kappa shape index (κ1) is 7.68. The minimum absolute atomic E-state index is 0.667. The molecule has 1 atom stereocenters. The molecular formula is C9H14N2O. The fourth-order valence-electron chi connectivity index (χ4n) is 1.70. The van der Waals surface area contributed by atoms with Gasteiger partial charge in [-0.2, -0.15) is 0 Å². The standard InChI is InChI=1S/C9H14N2O/c10-5-8-1-3-11(6-8)9-2-4-12-7-9/h2,4,7-8H,1,3,5-6,10H2. The quantitative estimate of drug-likeness (QED) is 0.714. The molecule has 1 saturated heterocycles. The second-order valence-electron chi connectivity index (χ2n) is 3.32. The van der Waals surface area contributed by atoms with Gasteiger partial charge < -0.3 is 15.1 Å². The summed E-state index contributed by atoms with van der Waals surface area (Å²) in [5.74, 6) is 0.667. The lowest BCUT2D eigenvalue weighted by molar-refractivity contribution is 0.566. The monoisotopic (exact) mass is 166 g/mol. The number of anilines is 1. The summed E-state index contributed by atoms with van der Waals surface area (Å²) in [5, 5.41) is 0. The maximum atomic E-state index is 5.60. The van der Waals surface area contributed by atoms with E-state index >= 15 is 0 Å². The van der Waals surface area contributed by atoms with Gasteiger partial charge in [0.25, 0.3) is 0 Å². The van der Waals surface area contributed by atoms with Crippen molar-refractivity contribution in [2.24, 2.45) is 11.7 Å². The van der Waals surface area contributed by atoms with Crippen LogP contribution in [0.15, 0.2) is 23.0 Å². The van der Waals surface area contributed by atoms with E-state index in [9.17, 15) is 0 Å². The summed E-state index contributed by atoms with van der Waals surface area (Å²) in [6.07, 6.45) is 4.71. The van der Waals surface area contributed by atoms with Gasteiger partial charge in [-0.3, -0.25) is 0 Å². The highest BCUT2D eigenvalue weighted by atomic mass is 16.3. The summed E-state index contributed by atoms with van der Waals surface area (Å²) < 4.78 is 5.02. The Hall–Kier alpha value is -0.960. The van der Waals surface area contributed by atoms with Crippen LogP contribution in [0.2, 0.25) is 0 Å². The predicted molar refractivity (Wildman–Crippen MR) is 48.1 cm³/mol. The maximum Gasteiger partial charge on any atom is 0.114 e. The Morgan fingerprint density at radius 1 is 1.67 bits per heavy atom. The highest BCUT2D eigenvalue weighted by Crippen LogP contribution is 2.22. The fraction of sp³-hybridized carbons (Fsp3) is 0.556. The van der Waals surface area contributed by atoms with Crippen molar-refractivity contribution in [1.29, 1.82) is 0 Å². The molecule has 66 valence electrons. The summed E-state index contributed by atoms with van der Waals surface area (Å²) in [6, 6.07) is 2.00. The van der Waals surface area contributed by atoms with Gasteiger partial charge in [0, 0.05) is 13.1 Å². The van der Waals surface area contributed by atoms with Crippen molar-refractivity contribution in [1.82, 2.24) is 0 Å². The molecular weight excluding hydrogens is 152 g/mol. The minimum Gasteiger partial charge on any atom is -0.470 e. The molecule has 1 aliphatic heterocycles. The Morgan fingerprint density at radius 2 is 2.58 bits per heavy atom. The first-order chi connectivity index (χ1) is 5.90. The Morgan fingerprint density at radius 3 is 3.17 bits per heavy atom. The number of furan rings is 1. The normalized spacial score (nSPS) is 23.4. The van der Waals surface area contributed by atoms with E-state index < -0.39 is 0 Å². The molecule has 1 fully saturated rings. The summed E-state index contributed by atoms with van der Waals surface area (Å²) in [6.45, 7) is 2.99. The van der Waals surface area contributed by atoms with Crippen LogP contribution in [0.25, 0.3) is 0 Å². The van der Waals surface area contributed by atoms with Crippen LogP contribution in [-0.2, 0) is 0 Å². The molecule has 1 unspecified atom stereocenters. The number of hydrogen-bond acceptors (Lipinski definition) is 3. The summed E-state index contributed by atoms with van der Waals surface area (Å²) >= 11 is 0. The molecule has 2 N–H and O–H groups in total. The van der Waals surface area contributed by atoms with E-state index in [0.29, 0.717) is 5.92 Å².